The van der Waals surface area contributed by atoms with Gasteiger partial charge in [-0.1, -0.05) is 23.9 Å². The van der Waals surface area contributed by atoms with Crippen molar-refractivity contribution < 1.29 is 5.11 Å². The smallest absolute Gasteiger partial charge is 0.191 e. The lowest BCUT2D eigenvalue weighted by Crippen LogP contribution is -2.04. The highest BCUT2D eigenvalue weighted by atomic mass is 32.2. The van der Waals surface area contributed by atoms with Crippen molar-refractivity contribution in [3.63, 3.8) is 0 Å². The van der Waals surface area contributed by atoms with Crippen LogP contribution >= 0.6 is 11.8 Å². The molecule has 0 bridgehead atoms. The first-order valence-corrected chi connectivity index (χ1v) is 9.92. The SMILES string of the molecule is CCn1c(SC/C(O)=C(\C#N)c2nc3ccccc3n2C)nnc1C1CC1. The lowest BCUT2D eigenvalue weighted by atomic mass is 10.2. The zero-order chi connectivity index (χ0) is 19.0. The molecule has 0 spiro atoms. The van der Waals surface area contributed by atoms with E-state index in [4.69, 9.17) is 0 Å². The van der Waals surface area contributed by atoms with Crippen molar-refractivity contribution in [1.29, 1.82) is 5.26 Å². The Kier molecular flexibility index (Phi) is 4.62. The Hall–Kier alpha value is -2.79. The normalized spacial score (nSPS) is 15.0. The fourth-order valence-electron chi connectivity index (χ4n) is 3.17. The molecule has 4 rings (SSSR count). The predicted molar refractivity (Wildman–Crippen MR) is 104 cm³/mol. The molecule has 7 nitrogen and oxygen atoms in total. The second-order valence-electron chi connectivity index (χ2n) is 6.56. The molecule has 0 atom stereocenters. The molecule has 3 aromatic rings. The average Bonchev–Trinajstić information content (AvgIpc) is 3.37. The van der Waals surface area contributed by atoms with Crippen molar-refractivity contribution in [2.24, 2.45) is 7.05 Å². The first-order valence-electron chi connectivity index (χ1n) is 8.94. The molecule has 27 heavy (non-hydrogen) atoms. The number of para-hydroxylation sites is 2. The summed E-state index contributed by atoms with van der Waals surface area (Å²) in [4.78, 5) is 4.51. The Morgan fingerprint density at radius 2 is 2.11 bits per heavy atom. The van der Waals surface area contributed by atoms with Gasteiger partial charge in [0.05, 0.1) is 16.8 Å². The lowest BCUT2D eigenvalue weighted by Gasteiger charge is -2.07. The zero-order valence-corrected chi connectivity index (χ0v) is 16.1. The maximum absolute atomic E-state index is 10.6. The van der Waals surface area contributed by atoms with Crippen LogP contribution in [0.5, 0.6) is 0 Å². The summed E-state index contributed by atoms with van der Waals surface area (Å²) in [5, 5.41) is 29.6. The summed E-state index contributed by atoms with van der Waals surface area (Å²) < 4.78 is 3.92. The van der Waals surface area contributed by atoms with Crippen molar-refractivity contribution in [1.82, 2.24) is 24.3 Å². The molecular formula is C19H20N6OS. The van der Waals surface area contributed by atoms with Gasteiger partial charge in [0, 0.05) is 19.5 Å². The minimum absolute atomic E-state index is 0.000434. The molecule has 0 aliphatic heterocycles. The summed E-state index contributed by atoms with van der Waals surface area (Å²) in [6.45, 7) is 2.86. The minimum Gasteiger partial charge on any atom is -0.510 e. The first kappa shape index (κ1) is 17.6. The topological polar surface area (TPSA) is 92.6 Å². The van der Waals surface area contributed by atoms with E-state index in [1.54, 1.807) is 0 Å². The van der Waals surface area contributed by atoms with E-state index in [0.29, 0.717) is 11.7 Å². The van der Waals surface area contributed by atoms with Crippen LogP contribution in [0.25, 0.3) is 16.6 Å². The van der Waals surface area contributed by atoms with E-state index < -0.39 is 0 Å². The van der Waals surface area contributed by atoms with Crippen LogP contribution in [-0.4, -0.2) is 35.2 Å². The van der Waals surface area contributed by atoms with E-state index in [-0.39, 0.29) is 17.1 Å². The third-order valence-electron chi connectivity index (χ3n) is 4.75. The molecule has 0 amide bonds. The highest BCUT2D eigenvalue weighted by Crippen LogP contribution is 2.40. The number of thioether (sulfide) groups is 1. The highest BCUT2D eigenvalue weighted by molar-refractivity contribution is 7.99. The first-order chi connectivity index (χ1) is 13.1. The van der Waals surface area contributed by atoms with E-state index in [0.717, 1.165) is 28.6 Å². The summed E-state index contributed by atoms with van der Waals surface area (Å²) in [6, 6.07) is 9.77. The molecule has 0 unspecified atom stereocenters. The van der Waals surface area contributed by atoms with E-state index in [1.807, 2.05) is 35.9 Å². The summed E-state index contributed by atoms with van der Waals surface area (Å²) in [5.41, 5.74) is 1.90. The number of benzene rings is 1. The van der Waals surface area contributed by atoms with Crippen molar-refractivity contribution in [2.45, 2.75) is 37.4 Å². The van der Waals surface area contributed by atoms with Gasteiger partial charge in [0.15, 0.2) is 11.0 Å². The predicted octanol–water partition coefficient (Wildman–Crippen LogP) is 3.65. The Morgan fingerprint density at radius 1 is 1.33 bits per heavy atom. The molecular weight excluding hydrogens is 360 g/mol. The molecule has 1 fully saturated rings. The molecule has 1 aromatic carbocycles. The summed E-state index contributed by atoms with van der Waals surface area (Å²) in [7, 11) is 1.85. The zero-order valence-electron chi connectivity index (χ0n) is 15.3. The number of hydrogen-bond donors (Lipinski definition) is 1. The number of hydrogen-bond acceptors (Lipinski definition) is 6. The number of aliphatic hydroxyl groups excluding tert-OH is 1. The van der Waals surface area contributed by atoms with Gasteiger partial charge in [0.1, 0.15) is 23.2 Å². The van der Waals surface area contributed by atoms with E-state index in [9.17, 15) is 10.4 Å². The Bertz CT molecular complexity index is 1070. The van der Waals surface area contributed by atoms with Crippen LogP contribution in [0.3, 0.4) is 0 Å². The summed E-state index contributed by atoms with van der Waals surface area (Å²) in [5.74, 6) is 2.26. The monoisotopic (exact) mass is 380 g/mol. The number of fused-ring (bicyclic) bond motifs is 1. The highest BCUT2D eigenvalue weighted by Gasteiger charge is 2.30. The molecule has 0 saturated heterocycles. The van der Waals surface area contributed by atoms with Gasteiger partial charge in [-0.2, -0.15) is 5.26 Å². The number of aryl methyl sites for hydroxylation is 1. The van der Waals surface area contributed by atoms with Gasteiger partial charge in [-0.15, -0.1) is 10.2 Å². The number of aromatic nitrogens is 5. The van der Waals surface area contributed by atoms with Crippen molar-refractivity contribution in [3.8, 4) is 6.07 Å². The molecule has 138 valence electrons. The maximum atomic E-state index is 10.6. The van der Waals surface area contributed by atoms with Crippen LogP contribution in [0.4, 0.5) is 0 Å². The van der Waals surface area contributed by atoms with Crippen LogP contribution < -0.4 is 0 Å². The molecule has 8 heteroatoms. The van der Waals surface area contributed by atoms with Gasteiger partial charge in [-0.05, 0) is 31.9 Å². The van der Waals surface area contributed by atoms with Gasteiger partial charge >= 0.3 is 0 Å². The third-order valence-corrected chi connectivity index (χ3v) is 5.73. The Balaban J connectivity index is 1.61. The van der Waals surface area contributed by atoms with E-state index >= 15 is 0 Å². The average molecular weight is 380 g/mol. The number of nitrogens with zero attached hydrogens (tertiary/aromatic N) is 6. The van der Waals surface area contributed by atoms with Crippen molar-refractivity contribution in [3.05, 3.63) is 41.7 Å². The van der Waals surface area contributed by atoms with Gasteiger partial charge < -0.3 is 14.2 Å². The number of aliphatic hydroxyl groups is 1. The third kappa shape index (κ3) is 3.19. The van der Waals surface area contributed by atoms with Gasteiger partial charge in [0.2, 0.25) is 0 Å². The maximum Gasteiger partial charge on any atom is 0.191 e. The Morgan fingerprint density at radius 3 is 2.78 bits per heavy atom. The number of imidazole rings is 1. The summed E-state index contributed by atoms with van der Waals surface area (Å²) >= 11 is 1.39. The molecule has 2 heterocycles. The van der Waals surface area contributed by atoms with Crippen LogP contribution in [0, 0.1) is 11.3 Å². The van der Waals surface area contributed by atoms with Crippen LogP contribution in [0.1, 0.15) is 37.3 Å². The second-order valence-corrected chi connectivity index (χ2v) is 7.51. The molecule has 1 aliphatic rings. The van der Waals surface area contributed by atoms with Crippen LogP contribution in [0.15, 0.2) is 35.2 Å². The van der Waals surface area contributed by atoms with E-state index in [2.05, 4.69) is 32.7 Å². The molecule has 2 aromatic heterocycles. The number of allylic oxidation sites excluding steroid dienone is 1. The second kappa shape index (κ2) is 7.08. The van der Waals surface area contributed by atoms with Crippen LogP contribution in [-0.2, 0) is 13.6 Å². The largest absolute Gasteiger partial charge is 0.510 e. The summed E-state index contributed by atoms with van der Waals surface area (Å²) in [6.07, 6.45) is 2.33. The van der Waals surface area contributed by atoms with E-state index in [1.165, 1.54) is 24.6 Å². The lowest BCUT2D eigenvalue weighted by molar-refractivity contribution is 0.420. The Labute approximate surface area is 161 Å². The number of nitriles is 1. The van der Waals surface area contributed by atoms with Gasteiger partial charge in [-0.25, -0.2) is 4.98 Å². The molecule has 1 aliphatic carbocycles. The molecule has 1 saturated carbocycles. The van der Waals surface area contributed by atoms with Crippen molar-refractivity contribution in [2.75, 3.05) is 5.75 Å². The fraction of sp³-hybridized carbons (Fsp3) is 0.368. The van der Waals surface area contributed by atoms with Gasteiger partial charge in [0.25, 0.3) is 0 Å². The minimum atomic E-state index is -0.000434. The fourth-order valence-corrected chi connectivity index (χ4v) is 4.05. The number of rotatable bonds is 6. The molecule has 0 radical (unpaired) electrons. The van der Waals surface area contributed by atoms with Crippen LogP contribution in [0.2, 0.25) is 0 Å². The quantitative estimate of drug-likeness (QED) is 0.399. The standard InChI is InChI=1S/C19H20N6OS/c1-3-25-17(12-8-9-12)22-23-19(25)27-11-16(26)13(10-20)18-21-14-6-4-5-7-15(14)24(18)2/h4-7,12,26H,3,8-9,11H2,1-2H3/b16-13-. The van der Waals surface area contributed by atoms with Gasteiger partial charge in [-0.3, -0.25) is 0 Å². The van der Waals surface area contributed by atoms with Crippen molar-refractivity contribution >= 4 is 28.4 Å². The molecule has 1 N–H and O–H groups in total.